The van der Waals surface area contributed by atoms with Crippen LogP contribution in [-0.4, -0.2) is 27.1 Å². The van der Waals surface area contributed by atoms with Crippen molar-refractivity contribution in [3.63, 3.8) is 0 Å². The molecule has 20 heavy (non-hydrogen) atoms. The molecule has 2 aromatic rings. The van der Waals surface area contributed by atoms with Crippen molar-refractivity contribution in [2.45, 2.75) is 26.3 Å². The molecule has 1 aromatic heterocycles. The number of nitrogens with zero attached hydrogens (tertiary/aromatic N) is 3. The Morgan fingerprint density at radius 2 is 2.05 bits per heavy atom. The molecule has 0 radical (unpaired) electrons. The van der Waals surface area contributed by atoms with E-state index in [-0.39, 0.29) is 11.3 Å². The summed E-state index contributed by atoms with van der Waals surface area (Å²) >= 11 is 0. The number of hydrogen-bond donors (Lipinski definition) is 1. The van der Waals surface area contributed by atoms with E-state index in [4.69, 9.17) is 0 Å². The second-order valence-corrected chi connectivity index (χ2v) is 4.55. The van der Waals surface area contributed by atoms with Crippen molar-refractivity contribution >= 4 is 11.5 Å². The minimum Gasteiger partial charge on any atom is -0.384 e. The summed E-state index contributed by atoms with van der Waals surface area (Å²) in [5, 5.41) is 10.6. The number of ketones is 1. The number of anilines is 1. The topological polar surface area (TPSA) is 59.8 Å². The van der Waals surface area contributed by atoms with Crippen molar-refractivity contribution in [3.05, 3.63) is 42.2 Å². The summed E-state index contributed by atoms with van der Waals surface area (Å²) in [6.07, 6.45) is 5.21. The molecular formula is C14H17FN4O. The fraction of sp³-hybridized carbons (Fsp3) is 0.357. The molecule has 5 nitrogen and oxygen atoms in total. The molecule has 0 unspecified atom stereocenters. The van der Waals surface area contributed by atoms with Crippen molar-refractivity contribution < 1.29 is 9.18 Å². The lowest BCUT2D eigenvalue weighted by Crippen LogP contribution is -2.09. The fourth-order valence-corrected chi connectivity index (χ4v) is 2.01. The van der Waals surface area contributed by atoms with Crippen LogP contribution in [-0.2, 0) is 6.54 Å². The Labute approximate surface area is 116 Å². The minimum absolute atomic E-state index is 0.131. The number of benzene rings is 1. The molecular weight excluding hydrogens is 259 g/mol. The van der Waals surface area contributed by atoms with Gasteiger partial charge in [0.2, 0.25) is 0 Å². The lowest BCUT2D eigenvalue weighted by molar-refractivity contribution is 0.101. The highest BCUT2D eigenvalue weighted by Gasteiger charge is 2.12. The predicted octanol–water partition coefficient (Wildman–Crippen LogP) is 2.51. The molecule has 0 aliphatic carbocycles. The van der Waals surface area contributed by atoms with Crippen molar-refractivity contribution in [1.82, 2.24) is 14.8 Å². The zero-order chi connectivity index (χ0) is 14.4. The molecule has 1 heterocycles. The van der Waals surface area contributed by atoms with Crippen molar-refractivity contribution in [1.29, 1.82) is 0 Å². The third kappa shape index (κ3) is 3.63. The van der Waals surface area contributed by atoms with Crippen molar-refractivity contribution in [2.24, 2.45) is 0 Å². The number of nitrogens with one attached hydrogen (secondary N) is 1. The first kappa shape index (κ1) is 14.2. The minimum atomic E-state index is -0.480. The normalized spacial score (nSPS) is 10.5. The van der Waals surface area contributed by atoms with Gasteiger partial charge in [-0.25, -0.2) is 4.39 Å². The number of halogens is 1. The van der Waals surface area contributed by atoms with Gasteiger partial charge in [0, 0.05) is 18.8 Å². The molecule has 0 fully saturated rings. The standard InChI is InChI=1S/C14H17FN4O/c1-11(20)14-12(15)5-4-6-13(14)16-7-2-3-8-19-9-17-18-10-19/h4-6,9-10,16H,2-3,7-8H2,1H3. The number of carbonyl (C=O) groups is 1. The van der Waals surface area contributed by atoms with E-state index in [1.54, 1.807) is 24.8 Å². The van der Waals surface area contributed by atoms with Crippen LogP contribution >= 0.6 is 0 Å². The lowest BCUT2D eigenvalue weighted by Gasteiger charge is -2.10. The molecule has 0 aliphatic rings. The molecule has 0 bridgehead atoms. The molecule has 106 valence electrons. The van der Waals surface area contributed by atoms with Gasteiger partial charge in [-0.1, -0.05) is 6.07 Å². The van der Waals surface area contributed by atoms with Gasteiger partial charge >= 0.3 is 0 Å². The third-order valence-corrected chi connectivity index (χ3v) is 2.99. The molecule has 1 aromatic carbocycles. The summed E-state index contributed by atoms with van der Waals surface area (Å²) < 4.78 is 15.5. The van der Waals surface area contributed by atoms with Gasteiger partial charge in [-0.05, 0) is 31.9 Å². The van der Waals surface area contributed by atoms with Crippen LogP contribution < -0.4 is 5.32 Å². The Bertz CT molecular complexity index is 569. The van der Waals surface area contributed by atoms with Crippen LogP contribution in [0.3, 0.4) is 0 Å². The maximum atomic E-state index is 13.6. The average Bonchev–Trinajstić information content (AvgIpc) is 2.91. The highest BCUT2D eigenvalue weighted by atomic mass is 19.1. The quantitative estimate of drug-likeness (QED) is 0.623. The van der Waals surface area contributed by atoms with E-state index in [9.17, 15) is 9.18 Å². The number of Topliss-reactive ketones (excluding diaryl/α,β-unsaturated/α-hetero) is 1. The van der Waals surface area contributed by atoms with Crippen LogP contribution in [0.4, 0.5) is 10.1 Å². The molecule has 0 amide bonds. The summed E-state index contributed by atoms with van der Waals surface area (Å²) in [7, 11) is 0. The number of aryl methyl sites for hydroxylation is 1. The smallest absolute Gasteiger partial charge is 0.164 e. The zero-order valence-corrected chi connectivity index (χ0v) is 11.3. The Kier molecular flexibility index (Phi) is 4.81. The number of carbonyl (C=O) groups excluding carboxylic acids is 1. The second-order valence-electron chi connectivity index (χ2n) is 4.55. The van der Waals surface area contributed by atoms with Crippen molar-refractivity contribution in [3.8, 4) is 0 Å². The molecule has 0 saturated heterocycles. The van der Waals surface area contributed by atoms with Gasteiger partial charge in [-0.2, -0.15) is 0 Å². The Morgan fingerprint density at radius 1 is 1.30 bits per heavy atom. The van der Waals surface area contributed by atoms with Gasteiger partial charge < -0.3 is 9.88 Å². The number of unbranched alkanes of at least 4 members (excludes halogenated alkanes) is 1. The number of aromatic nitrogens is 3. The number of rotatable bonds is 7. The van der Waals surface area contributed by atoms with Crippen LogP contribution in [0.15, 0.2) is 30.9 Å². The second kappa shape index (κ2) is 6.79. The predicted molar refractivity (Wildman–Crippen MR) is 74.2 cm³/mol. The third-order valence-electron chi connectivity index (χ3n) is 2.99. The molecule has 0 saturated carbocycles. The monoisotopic (exact) mass is 276 g/mol. The Balaban J connectivity index is 1.82. The van der Waals surface area contributed by atoms with Gasteiger partial charge in [0.15, 0.2) is 5.78 Å². The van der Waals surface area contributed by atoms with Crippen LogP contribution in [0.25, 0.3) is 0 Å². The molecule has 0 spiro atoms. The van der Waals surface area contributed by atoms with Crippen LogP contribution in [0, 0.1) is 5.82 Å². The summed E-state index contributed by atoms with van der Waals surface area (Å²) in [4.78, 5) is 11.4. The fourth-order valence-electron chi connectivity index (χ4n) is 2.01. The van der Waals surface area contributed by atoms with Gasteiger partial charge in [0.05, 0.1) is 5.56 Å². The first-order valence-corrected chi connectivity index (χ1v) is 6.54. The SMILES string of the molecule is CC(=O)c1c(F)cccc1NCCCCn1cnnc1. The Morgan fingerprint density at radius 3 is 2.75 bits per heavy atom. The summed E-state index contributed by atoms with van der Waals surface area (Å²) in [6.45, 7) is 2.90. The van der Waals surface area contributed by atoms with E-state index < -0.39 is 5.82 Å². The summed E-state index contributed by atoms with van der Waals surface area (Å²) in [5.74, 6) is -0.748. The summed E-state index contributed by atoms with van der Waals surface area (Å²) in [5.41, 5.74) is 0.688. The first-order valence-electron chi connectivity index (χ1n) is 6.54. The molecule has 0 aliphatic heterocycles. The van der Waals surface area contributed by atoms with Gasteiger partial charge in [-0.3, -0.25) is 4.79 Å². The van der Waals surface area contributed by atoms with Crippen LogP contribution in [0.2, 0.25) is 0 Å². The van der Waals surface area contributed by atoms with E-state index in [1.807, 2.05) is 4.57 Å². The van der Waals surface area contributed by atoms with Gasteiger partial charge in [-0.15, -0.1) is 10.2 Å². The maximum absolute atomic E-state index is 13.6. The number of hydrogen-bond acceptors (Lipinski definition) is 4. The van der Waals surface area contributed by atoms with Gasteiger partial charge in [0.1, 0.15) is 18.5 Å². The van der Waals surface area contributed by atoms with Gasteiger partial charge in [0.25, 0.3) is 0 Å². The largest absolute Gasteiger partial charge is 0.384 e. The molecule has 6 heteroatoms. The highest BCUT2D eigenvalue weighted by Crippen LogP contribution is 2.19. The Hall–Kier alpha value is -2.24. The van der Waals surface area contributed by atoms with E-state index in [0.717, 1.165) is 19.4 Å². The highest BCUT2D eigenvalue weighted by molar-refractivity contribution is 5.99. The van der Waals surface area contributed by atoms with E-state index in [2.05, 4.69) is 15.5 Å². The van der Waals surface area contributed by atoms with Crippen molar-refractivity contribution in [2.75, 3.05) is 11.9 Å². The molecule has 1 N–H and O–H groups in total. The van der Waals surface area contributed by atoms with Crippen LogP contribution in [0.1, 0.15) is 30.1 Å². The zero-order valence-electron chi connectivity index (χ0n) is 11.3. The van der Waals surface area contributed by atoms with Crippen LogP contribution in [0.5, 0.6) is 0 Å². The lowest BCUT2D eigenvalue weighted by atomic mass is 10.1. The van der Waals surface area contributed by atoms with E-state index >= 15 is 0 Å². The van der Waals surface area contributed by atoms with E-state index in [1.165, 1.54) is 13.0 Å². The maximum Gasteiger partial charge on any atom is 0.164 e. The first-order chi connectivity index (χ1) is 9.68. The molecule has 2 rings (SSSR count). The molecule has 0 atom stereocenters. The average molecular weight is 276 g/mol. The van der Waals surface area contributed by atoms with E-state index in [0.29, 0.717) is 12.2 Å². The summed E-state index contributed by atoms with van der Waals surface area (Å²) in [6, 6.07) is 4.62.